The molecular weight excluding hydrogens is 232 g/mol. The van der Waals surface area contributed by atoms with Gasteiger partial charge in [0, 0.05) is 38.2 Å². The lowest BCUT2D eigenvalue weighted by atomic mass is 10.3. The second-order valence-corrected chi connectivity index (χ2v) is 4.34. The number of carbonyl (C=O) groups excluding carboxylic acids is 2. The van der Waals surface area contributed by atoms with Gasteiger partial charge in [-0.3, -0.25) is 4.79 Å². The fraction of sp³-hybridized carbons (Fsp3) is 0.692. The van der Waals surface area contributed by atoms with Crippen molar-refractivity contribution < 1.29 is 14.3 Å². The molecule has 1 rings (SSSR count). The molecule has 0 saturated carbocycles. The fourth-order valence-corrected chi connectivity index (χ4v) is 1.86. The van der Waals surface area contributed by atoms with E-state index in [-0.39, 0.29) is 11.9 Å². The van der Waals surface area contributed by atoms with Crippen molar-refractivity contribution in [2.24, 2.45) is 0 Å². The van der Waals surface area contributed by atoms with Gasteiger partial charge in [-0.25, -0.2) is 4.79 Å². The van der Waals surface area contributed by atoms with Crippen LogP contribution in [0.1, 0.15) is 26.2 Å². The molecular formula is C13H22N2O3. The van der Waals surface area contributed by atoms with E-state index >= 15 is 0 Å². The number of carbonyl (C=O) groups is 2. The lowest BCUT2D eigenvalue weighted by Gasteiger charge is -2.15. The number of ether oxygens (including phenoxy) is 1. The van der Waals surface area contributed by atoms with E-state index in [1.54, 1.807) is 6.92 Å². The summed E-state index contributed by atoms with van der Waals surface area (Å²) < 4.78 is 4.81. The van der Waals surface area contributed by atoms with Gasteiger partial charge < -0.3 is 15.0 Å². The summed E-state index contributed by atoms with van der Waals surface area (Å²) in [6.07, 6.45) is 2.69. The Labute approximate surface area is 108 Å². The minimum atomic E-state index is -0.379. The lowest BCUT2D eigenvalue weighted by molar-refractivity contribution is -0.138. The normalized spacial score (nSPS) is 14.6. The molecule has 1 amide bonds. The summed E-state index contributed by atoms with van der Waals surface area (Å²) in [5.74, 6) is -0.197. The zero-order valence-corrected chi connectivity index (χ0v) is 11.0. The van der Waals surface area contributed by atoms with Gasteiger partial charge in [-0.2, -0.15) is 0 Å². The fourth-order valence-electron chi connectivity index (χ4n) is 1.86. The van der Waals surface area contributed by atoms with Crippen LogP contribution in [-0.4, -0.2) is 49.6 Å². The van der Waals surface area contributed by atoms with E-state index in [1.807, 2.05) is 4.90 Å². The highest BCUT2D eigenvalue weighted by atomic mass is 16.5. The highest BCUT2D eigenvalue weighted by Gasteiger charge is 2.17. The van der Waals surface area contributed by atoms with Gasteiger partial charge in [0.25, 0.3) is 0 Å². The predicted molar refractivity (Wildman–Crippen MR) is 69.1 cm³/mol. The maximum Gasteiger partial charge on any atom is 0.334 e. The van der Waals surface area contributed by atoms with Crippen molar-refractivity contribution in [1.29, 1.82) is 0 Å². The number of likely N-dealkylation sites (tertiary alicyclic amines) is 1. The minimum absolute atomic E-state index is 0.182. The van der Waals surface area contributed by atoms with E-state index in [1.165, 1.54) is 0 Å². The number of rotatable bonds is 7. The van der Waals surface area contributed by atoms with Crippen molar-refractivity contribution in [3.05, 3.63) is 12.2 Å². The first-order chi connectivity index (χ1) is 8.65. The average Bonchev–Trinajstić information content (AvgIpc) is 2.88. The monoisotopic (exact) mass is 254 g/mol. The summed E-state index contributed by atoms with van der Waals surface area (Å²) in [5.41, 5.74) is 0.394. The molecule has 5 heteroatoms. The highest BCUT2D eigenvalue weighted by Crippen LogP contribution is 2.08. The summed E-state index contributed by atoms with van der Waals surface area (Å²) >= 11 is 0. The zero-order chi connectivity index (χ0) is 13.4. The van der Waals surface area contributed by atoms with Crippen LogP contribution in [0.4, 0.5) is 0 Å². The Bertz CT molecular complexity index is 309. The van der Waals surface area contributed by atoms with Gasteiger partial charge in [0.1, 0.15) is 0 Å². The molecule has 0 aromatic heterocycles. The molecule has 1 N–H and O–H groups in total. The van der Waals surface area contributed by atoms with Crippen molar-refractivity contribution >= 4 is 11.9 Å². The van der Waals surface area contributed by atoms with Gasteiger partial charge in [-0.1, -0.05) is 6.58 Å². The van der Waals surface area contributed by atoms with Crippen LogP contribution in [0.5, 0.6) is 0 Å². The molecule has 1 fully saturated rings. The first-order valence-corrected chi connectivity index (χ1v) is 6.48. The van der Waals surface area contributed by atoms with Crippen molar-refractivity contribution in [3.8, 4) is 0 Å². The van der Waals surface area contributed by atoms with Crippen molar-refractivity contribution in [1.82, 2.24) is 10.2 Å². The Hall–Kier alpha value is -1.36. The number of amides is 1. The van der Waals surface area contributed by atoms with Gasteiger partial charge in [-0.15, -0.1) is 0 Å². The van der Waals surface area contributed by atoms with Gasteiger partial charge in [0.15, 0.2) is 0 Å². The quantitative estimate of drug-likeness (QED) is 0.413. The molecule has 0 bridgehead atoms. The SMILES string of the molecule is C=C(CNCCC(=O)N1CCCC1)C(=O)OCC. The summed E-state index contributed by atoms with van der Waals surface area (Å²) in [6.45, 7) is 8.44. The van der Waals surface area contributed by atoms with Crippen LogP contribution in [0.15, 0.2) is 12.2 Å². The molecule has 18 heavy (non-hydrogen) atoms. The Balaban J connectivity index is 2.09. The van der Waals surface area contributed by atoms with E-state index in [0.29, 0.717) is 31.7 Å². The maximum atomic E-state index is 11.7. The Morgan fingerprint density at radius 1 is 1.33 bits per heavy atom. The molecule has 0 atom stereocenters. The van der Waals surface area contributed by atoms with E-state index in [4.69, 9.17) is 4.74 Å². The van der Waals surface area contributed by atoms with Crippen molar-refractivity contribution in [3.63, 3.8) is 0 Å². The molecule has 0 spiro atoms. The van der Waals surface area contributed by atoms with Crippen LogP contribution in [0.25, 0.3) is 0 Å². The first kappa shape index (κ1) is 14.7. The molecule has 1 saturated heterocycles. The van der Waals surface area contributed by atoms with Crippen LogP contribution >= 0.6 is 0 Å². The zero-order valence-electron chi connectivity index (χ0n) is 11.0. The lowest BCUT2D eigenvalue weighted by Crippen LogP contribution is -2.31. The first-order valence-electron chi connectivity index (χ1n) is 6.48. The third kappa shape index (κ3) is 4.87. The van der Waals surface area contributed by atoms with E-state index in [0.717, 1.165) is 25.9 Å². The molecule has 0 unspecified atom stereocenters. The third-order valence-electron chi connectivity index (χ3n) is 2.88. The van der Waals surface area contributed by atoms with Gasteiger partial charge in [0.05, 0.1) is 6.61 Å². The largest absolute Gasteiger partial charge is 0.463 e. The van der Waals surface area contributed by atoms with Crippen LogP contribution in [0.3, 0.4) is 0 Å². The van der Waals surface area contributed by atoms with Crippen LogP contribution < -0.4 is 5.32 Å². The number of hydrogen-bond donors (Lipinski definition) is 1. The second kappa shape index (κ2) is 7.87. The molecule has 0 radical (unpaired) electrons. The molecule has 1 aliphatic rings. The number of nitrogens with zero attached hydrogens (tertiary/aromatic N) is 1. The maximum absolute atomic E-state index is 11.7. The standard InChI is InChI=1S/C13H22N2O3/c1-3-18-13(17)11(2)10-14-7-6-12(16)15-8-4-5-9-15/h14H,2-10H2,1H3. The number of nitrogens with one attached hydrogen (secondary N) is 1. The molecule has 0 aromatic rings. The van der Waals surface area contributed by atoms with E-state index in [2.05, 4.69) is 11.9 Å². The molecule has 102 valence electrons. The highest BCUT2D eigenvalue weighted by molar-refractivity contribution is 5.88. The molecule has 5 nitrogen and oxygen atoms in total. The second-order valence-electron chi connectivity index (χ2n) is 4.34. The van der Waals surface area contributed by atoms with Crippen LogP contribution in [-0.2, 0) is 14.3 Å². The Morgan fingerprint density at radius 2 is 2.00 bits per heavy atom. The van der Waals surface area contributed by atoms with Gasteiger partial charge in [-0.05, 0) is 19.8 Å². The van der Waals surface area contributed by atoms with Crippen LogP contribution in [0.2, 0.25) is 0 Å². The molecule has 1 aliphatic heterocycles. The average molecular weight is 254 g/mol. The molecule has 1 heterocycles. The summed E-state index contributed by atoms with van der Waals surface area (Å²) in [7, 11) is 0. The number of esters is 1. The Kier molecular flexibility index (Phi) is 6.43. The van der Waals surface area contributed by atoms with Crippen molar-refractivity contribution in [2.75, 3.05) is 32.8 Å². The van der Waals surface area contributed by atoms with Crippen molar-refractivity contribution in [2.45, 2.75) is 26.2 Å². The number of hydrogen-bond acceptors (Lipinski definition) is 4. The Morgan fingerprint density at radius 3 is 2.61 bits per heavy atom. The predicted octanol–water partition coefficient (Wildman–Crippen LogP) is 0.708. The molecule has 0 aromatic carbocycles. The smallest absolute Gasteiger partial charge is 0.334 e. The van der Waals surface area contributed by atoms with Gasteiger partial charge in [0.2, 0.25) is 5.91 Å². The minimum Gasteiger partial charge on any atom is -0.463 e. The van der Waals surface area contributed by atoms with E-state index in [9.17, 15) is 9.59 Å². The topological polar surface area (TPSA) is 58.6 Å². The van der Waals surface area contributed by atoms with E-state index < -0.39 is 0 Å². The summed E-state index contributed by atoms with van der Waals surface area (Å²) in [5, 5.41) is 3.03. The third-order valence-corrected chi connectivity index (χ3v) is 2.88. The summed E-state index contributed by atoms with van der Waals surface area (Å²) in [6, 6.07) is 0. The summed E-state index contributed by atoms with van der Waals surface area (Å²) in [4.78, 5) is 24.8. The van der Waals surface area contributed by atoms with Crippen LogP contribution in [0, 0.1) is 0 Å². The molecule has 0 aliphatic carbocycles. The van der Waals surface area contributed by atoms with Gasteiger partial charge >= 0.3 is 5.97 Å².